The van der Waals surface area contributed by atoms with Gasteiger partial charge in [-0.05, 0) is 122 Å². The number of nitrogens with zero attached hydrogens (tertiary/aromatic N) is 1. The molecular formula is C73H123NO8P+. The highest BCUT2D eigenvalue weighted by molar-refractivity contribution is 7.47. The van der Waals surface area contributed by atoms with Crippen molar-refractivity contribution in [2.45, 2.75) is 258 Å². The van der Waals surface area contributed by atoms with E-state index in [1.807, 2.05) is 21.1 Å². The van der Waals surface area contributed by atoms with Gasteiger partial charge in [-0.1, -0.05) is 262 Å². The van der Waals surface area contributed by atoms with E-state index >= 15 is 0 Å². The lowest BCUT2D eigenvalue weighted by Crippen LogP contribution is -2.37. The lowest BCUT2D eigenvalue weighted by molar-refractivity contribution is -0.870. The molecule has 0 aliphatic carbocycles. The zero-order valence-electron chi connectivity index (χ0n) is 53.6. The lowest BCUT2D eigenvalue weighted by Gasteiger charge is -2.24. The van der Waals surface area contributed by atoms with Gasteiger partial charge in [-0.2, -0.15) is 0 Å². The zero-order chi connectivity index (χ0) is 60.5. The topological polar surface area (TPSA) is 108 Å². The van der Waals surface area contributed by atoms with E-state index in [2.05, 4.69) is 160 Å². The Morgan fingerprint density at radius 3 is 1.04 bits per heavy atom. The molecule has 10 heteroatoms. The van der Waals surface area contributed by atoms with Gasteiger partial charge in [-0.25, -0.2) is 4.57 Å². The number of esters is 2. The van der Waals surface area contributed by atoms with E-state index in [4.69, 9.17) is 18.5 Å². The lowest BCUT2D eigenvalue weighted by atomic mass is 10.1. The summed E-state index contributed by atoms with van der Waals surface area (Å²) in [6.45, 7) is 4.29. The Bertz CT molecular complexity index is 1910. The second kappa shape index (κ2) is 62.4. The van der Waals surface area contributed by atoms with Crippen LogP contribution in [-0.2, 0) is 32.7 Å². The van der Waals surface area contributed by atoms with Gasteiger partial charge in [0.15, 0.2) is 6.10 Å². The molecule has 0 aromatic rings. The number of unbranched alkanes of at least 4 members (excludes halogenated alkanes) is 21. The fraction of sp³-hybridized carbons (Fsp3) is 0.644. The van der Waals surface area contributed by atoms with Gasteiger partial charge in [-0.15, -0.1) is 0 Å². The normalized spacial score (nSPS) is 14.1. The van der Waals surface area contributed by atoms with E-state index in [-0.39, 0.29) is 32.0 Å². The molecule has 0 aromatic carbocycles. The Hall–Kier alpha value is -4.11. The highest BCUT2D eigenvalue weighted by atomic mass is 31.2. The van der Waals surface area contributed by atoms with Crippen LogP contribution in [0.1, 0.15) is 251 Å². The molecule has 0 aliphatic heterocycles. The molecule has 9 nitrogen and oxygen atoms in total. The summed E-state index contributed by atoms with van der Waals surface area (Å²) < 4.78 is 34.6. The molecule has 2 atom stereocenters. The molecular weight excluding hydrogens is 1050 g/mol. The Kier molecular flexibility index (Phi) is 59.3. The number of quaternary nitrogens is 1. The van der Waals surface area contributed by atoms with Crippen LogP contribution in [-0.4, -0.2) is 74.9 Å². The van der Waals surface area contributed by atoms with Crippen LogP contribution < -0.4 is 0 Å². The molecule has 0 saturated heterocycles. The Morgan fingerprint density at radius 2 is 0.687 bits per heavy atom. The first kappa shape index (κ1) is 78.9. The third-order valence-electron chi connectivity index (χ3n) is 13.6. The van der Waals surface area contributed by atoms with Crippen LogP contribution in [0, 0.1) is 0 Å². The summed E-state index contributed by atoms with van der Waals surface area (Å²) in [5, 5.41) is 0. The van der Waals surface area contributed by atoms with Crippen LogP contribution in [0.5, 0.6) is 0 Å². The number of rotatable bonds is 59. The fourth-order valence-corrected chi connectivity index (χ4v) is 9.29. The minimum absolute atomic E-state index is 0.0221. The van der Waals surface area contributed by atoms with Gasteiger partial charge in [-0.3, -0.25) is 18.6 Å². The van der Waals surface area contributed by atoms with Crippen molar-refractivity contribution >= 4 is 19.8 Å². The Labute approximate surface area is 510 Å². The summed E-state index contributed by atoms with van der Waals surface area (Å²) in [6, 6.07) is 0. The SMILES string of the molecule is CC/C=C\C/C=C\C/C=C\C/C=C\C/C=C\C/C=C\C/C=C\C/C=C\C/C=C\C/C=C\C/C=C\CCCCCCCCCC(=O)OC(COC(=O)CCCCCCCCC/C=C\CCCCCCCCC)COP(=O)(O)OCC[N+](C)(C)C. The molecule has 0 fully saturated rings. The number of allylic oxidation sites excluding steroid dienone is 24. The number of phosphoric acid groups is 1. The Balaban J connectivity index is 4.14. The molecule has 0 amide bonds. The smallest absolute Gasteiger partial charge is 0.462 e. The van der Waals surface area contributed by atoms with Crippen molar-refractivity contribution in [3.8, 4) is 0 Å². The first-order valence-electron chi connectivity index (χ1n) is 33.1. The van der Waals surface area contributed by atoms with Crippen molar-refractivity contribution in [1.29, 1.82) is 0 Å². The summed E-state index contributed by atoms with van der Waals surface area (Å²) in [7, 11) is 1.45. The maximum Gasteiger partial charge on any atom is 0.472 e. The number of carbonyl (C=O) groups excluding carboxylic acids is 2. The molecule has 0 aliphatic rings. The number of phosphoric ester groups is 1. The molecule has 83 heavy (non-hydrogen) atoms. The third-order valence-corrected chi connectivity index (χ3v) is 14.6. The monoisotopic (exact) mass is 1170 g/mol. The van der Waals surface area contributed by atoms with Crippen LogP contribution in [0.2, 0.25) is 0 Å². The first-order chi connectivity index (χ1) is 40.5. The molecule has 1 N–H and O–H groups in total. The van der Waals surface area contributed by atoms with Gasteiger partial charge in [0.05, 0.1) is 27.7 Å². The quantitative estimate of drug-likeness (QED) is 0.0211. The van der Waals surface area contributed by atoms with E-state index in [0.29, 0.717) is 17.4 Å². The summed E-state index contributed by atoms with van der Waals surface area (Å²) in [4.78, 5) is 35.8. The van der Waals surface area contributed by atoms with Gasteiger partial charge in [0.25, 0.3) is 0 Å². The highest BCUT2D eigenvalue weighted by Gasteiger charge is 2.27. The van der Waals surface area contributed by atoms with Gasteiger partial charge >= 0.3 is 19.8 Å². The molecule has 0 radical (unpaired) electrons. The van der Waals surface area contributed by atoms with Crippen LogP contribution >= 0.6 is 7.82 Å². The van der Waals surface area contributed by atoms with Crippen molar-refractivity contribution in [3.63, 3.8) is 0 Å². The van der Waals surface area contributed by atoms with E-state index in [1.54, 1.807) is 0 Å². The summed E-state index contributed by atoms with van der Waals surface area (Å²) >= 11 is 0. The largest absolute Gasteiger partial charge is 0.472 e. The first-order valence-corrected chi connectivity index (χ1v) is 34.6. The number of likely N-dealkylation sites (N-methyl/N-ethyl adjacent to an activating group) is 1. The average molecular weight is 1170 g/mol. The summed E-state index contributed by atoms with van der Waals surface area (Å²) in [6.07, 6.45) is 92.2. The van der Waals surface area contributed by atoms with Crippen LogP contribution in [0.15, 0.2) is 146 Å². The van der Waals surface area contributed by atoms with Crippen molar-refractivity contribution in [2.24, 2.45) is 0 Å². The molecule has 0 bridgehead atoms. The van der Waals surface area contributed by atoms with E-state index in [1.165, 1.54) is 89.9 Å². The standard InChI is InChI=1S/C73H122NO8P/c1-6-8-10-12-14-16-18-20-22-24-26-27-28-29-30-31-32-33-34-35-36-37-38-39-40-41-42-43-44-45-46-47-48-50-52-54-56-58-60-62-64-66-73(76)82-71(70-81-83(77,78)80-68-67-74(3,4)5)69-79-72(75)65-63-61-59-57-55-53-51-49-25-23-21-19-17-15-13-11-9-7-2/h8,10,14,16,20,22-23,25-27,29-30,32-33,35-36,38-39,41-42,44-45,47-48,71H,6-7,9,11-13,15,17-19,21,24,28,31,34,37,40,43,46,49-70H2,1-5H3/p+1/b10-8-,16-14-,22-20-,25-23-,27-26-,30-29-,33-32-,36-35-,39-38-,42-41-,45-44-,48-47-. The van der Waals surface area contributed by atoms with Crippen LogP contribution in [0.3, 0.4) is 0 Å². The van der Waals surface area contributed by atoms with Crippen LogP contribution in [0.4, 0.5) is 0 Å². The predicted octanol–water partition coefficient (Wildman–Crippen LogP) is 21.4. The summed E-state index contributed by atoms with van der Waals surface area (Å²) in [5.41, 5.74) is 0. The molecule has 0 heterocycles. The number of ether oxygens (including phenoxy) is 2. The van der Waals surface area contributed by atoms with Crippen molar-refractivity contribution < 1.29 is 42.1 Å². The van der Waals surface area contributed by atoms with Crippen molar-refractivity contribution in [2.75, 3.05) is 47.5 Å². The molecule has 0 aromatic heterocycles. The second-order valence-corrected chi connectivity index (χ2v) is 24.2. The molecule has 0 rings (SSSR count). The van der Waals surface area contributed by atoms with Crippen molar-refractivity contribution in [1.82, 2.24) is 0 Å². The molecule has 2 unspecified atom stereocenters. The average Bonchev–Trinajstić information content (AvgIpc) is 3.48. The molecule has 0 spiro atoms. The third kappa shape index (κ3) is 66.9. The molecule has 472 valence electrons. The predicted molar refractivity (Wildman–Crippen MR) is 357 cm³/mol. The fourth-order valence-electron chi connectivity index (χ4n) is 8.54. The zero-order valence-corrected chi connectivity index (χ0v) is 54.5. The van der Waals surface area contributed by atoms with Gasteiger partial charge in [0, 0.05) is 12.8 Å². The van der Waals surface area contributed by atoms with E-state index in [9.17, 15) is 19.0 Å². The maximum atomic E-state index is 12.8. The van der Waals surface area contributed by atoms with Crippen LogP contribution in [0.25, 0.3) is 0 Å². The van der Waals surface area contributed by atoms with Crippen molar-refractivity contribution in [3.05, 3.63) is 146 Å². The van der Waals surface area contributed by atoms with E-state index < -0.39 is 26.5 Å². The van der Waals surface area contributed by atoms with Gasteiger partial charge < -0.3 is 18.9 Å². The van der Waals surface area contributed by atoms with Gasteiger partial charge in [0.2, 0.25) is 0 Å². The highest BCUT2D eigenvalue weighted by Crippen LogP contribution is 2.43. The number of carbonyl (C=O) groups is 2. The number of hydrogen-bond acceptors (Lipinski definition) is 7. The van der Waals surface area contributed by atoms with E-state index in [0.717, 1.165) is 128 Å². The molecule has 0 saturated carbocycles. The maximum absolute atomic E-state index is 12.8. The minimum atomic E-state index is -4.40. The van der Waals surface area contributed by atoms with Gasteiger partial charge in [0.1, 0.15) is 19.8 Å². The number of hydrogen-bond donors (Lipinski definition) is 1. The summed E-state index contributed by atoms with van der Waals surface area (Å²) in [5.74, 6) is -0.821. The Morgan fingerprint density at radius 1 is 0.386 bits per heavy atom. The second-order valence-electron chi connectivity index (χ2n) is 22.8. The minimum Gasteiger partial charge on any atom is -0.462 e.